The molecule has 0 amide bonds. The van der Waals surface area contributed by atoms with E-state index in [-0.39, 0.29) is 16.5 Å². The summed E-state index contributed by atoms with van der Waals surface area (Å²) in [5.41, 5.74) is 6.39. The Labute approximate surface area is 132 Å². The zero-order valence-electron chi connectivity index (χ0n) is 11.2. The van der Waals surface area contributed by atoms with Crippen LogP contribution < -0.4 is 10.5 Å². The van der Waals surface area contributed by atoms with Crippen molar-refractivity contribution in [1.82, 2.24) is 9.78 Å². The molecule has 2 rings (SSSR count). The molecule has 6 nitrogen and oxygen atoms in total. The first kappa shape index (κ1) is 16.1. The van der Waals surface area contributed by atoms with Crippen LogP contribution in [0.3, 0.4) is 0 Å². The average molecular weight is 349 g/mol. The van der Waals surface area contributed by atoms with Crippen molar-refractivity contribution in [3.05, 3.63) is 40.1 Å². The van der Waals surface area contributed by atoms with Crippen LogP contribution in [0, 0.1) is 0 Å². The number of sulfonamides is 1. The molecule has 1 aromatic heterocycles. The lowest BCUT2D eigenvalue weighted by molar-refractivity contribution is 0.601. The molecule has 0 fully saturated rings. The molecule has 3 N–H and O–H groups in total. The maximum Gasteiger partial charge on any atom is 0.263 e. The van der Waals surface area contributed by atoms with Crippen LogP contribution in [0.25, 0.3) is 0 Å². The quantitative estimate of drug-likeness (QED) is 0.868. The van der Waals surface area contributed by atoms with Gasteiger partial charge in [-0.1, -0.05) is 23.2 Å². The number of nitrogens with one attached hydrogen (secondary N) is 1. The predicted molar refractivity (Wildman–Crippen MR) is 83.1 cm³/mol. The number of hydrogen-bond acceptors (Lipinski definition) is 4. The summed E-state index contributed by atoms with van der Waals surface area (Å²) in [6.07, 6.45) is 3.01. The molecule has 0 unspecified atom stereocenters. The van der Waals surface area contributed by atoms with Crippen LogP contribution in [0.2, 0.25) is 10.0 Å². The monoisotopic (exact) mass is 348 g/mol. The van der Waals surface area contributed by atoms with Crippen molar-refractivity contribution >= 4 is 38.9 Å². The number of halogens is 2. The van der Waals surface area contributed by atoms with E-state index in [1.54, 1.807) is 10.9 Å². The summed E-state index contributed by atoms with van der Waals surface area (Å²) in [4.78, 5) is -0.0711. The first-order valence-corrected chi connectivity index (χ1v) is 8.34. The van der Waals surface area contributed by atoms with Crippen molar-refractivity contribution in [2.75, 3.05) is 4.72 Å². The highest BCUT2D eigenvalue weighted by atomic mass is 35.5. The van der Waals surface area contributed by atoms with Crippen LogP contribution in [0.15, 0.2) is 29.4 Å². The van der Waals surface area contributed by atoms with E-state index in [0.29, 0.717) is 22.8 Å². The number of nitrogens with two attached hydrogens (primary N) is 1. The number of aromatic nitrogens is 2. The van der Waals surface area contributed by atoms with Gasteiger partial charge in [-0.25, -0.2) is 8.42 Å². The fourth-order valence-electron chi connectivity index (χ4n) is 1.73. The number of rotatable bonds is 5. The molecule has 1 aromatic carbocycles. The Bertz CT molecular complexity index is 759. The molecule has 0 aliphatic rings. The minimum absolute atomic E-state index is 0.0348. The van der Waals surface area contributed by atoms with E-state index in [1.807, 2.05) is 6.92 Å². The van der Waals surface area contributed by atoms with Gasteiger partial charge in [-0.3, -0.25) is 9.40 Å². The number of nitrogens with zero attached hydrogens (tertiary/aromatic N) is 2. The molecule has 0 bridgehead atoms. The number of anilines is 1. The summed E-state index contributed by atoms with van der Waals surface area (Å²) >= 11 is 11.9. The van der Waals surface area contributed by atoms with Crippen LogP contribution in [0.1, 0.15) is 12.5 Å². The van der Waals surface area contributed by atoms with Crippen molar-refractivity contribution in [2.24, 2.45) is 5.73 Å². The Hall–Kier alpha value is -1.28. The first-order valence-electron chi connectivity index (χ1n) is 6.10. The molecular formula is C12H14Cl2N4O2S. The zero-order valence-corrected chi connectivity index (χ0v) is 13.5. The molecule has 1 heterocycles. The first-order chi connectivity index (χ1) is 9.87. The molecule has 114 valence electrons. The highest BCUT2D eigenvalue weighted by Crippen LogP contribution is 2.29. The molecule has 0 aliphatic carbocycles. The summed E-state index contributed by atoms with van der Waals surface area (Å²) in [7, 11) is -3.84. The standard InChI is InChI=1S/C12H14Cl2N4O2S/c1-2-18-7-9(6-16-18)17-21(19,20)12-3-8(5-15)10(13)4-11(12)14/h3-4,6-7,17H,2,5,15H2,1H3. The molecule has 21 heavy (non-hydrogen) atoms. The van der Waals surface area contributed by atoms with Crippen molar-refractivity contribution in [3.8, 4) is 0 Å². The lowest BCUT2D eigenvalue weighted by Gasteiger charge is -2.10. The molecule has 0 saturated heterocycles. The minimum atomic E-state index is -3.84. The van der Waals surface area contributed by atoms with Gasteiger partial charge in [-0.15, -0.1) is 0 Å². The summed E-state index contributed by atoms with van der Waals surface area (Å²) in [6, 6.07) is 2.74. The van der Waals surface area contributed by atoms with E-state index in [9.17, 15) is 8.42 Å². The Balaban J connectivity index is 2.39. The summed E-state index contributed by atoms with van der Waals surface area (Å²) < 4.78 is 28.8. The lowest BCUT2D eigenvalue weighted by atomic mass is 10.2. The fraction of sp³-hybridized carbons (Fsp3) is 0.250. The van der Waals surface area contributed by atoms with Gasteiger partial charge in [-0.05, 0) is 24.6 Å². The Morgan fingerprint density at radius 2 is 2.05 bits per heavy atom. The second-order valence-corrected chi connectivity index (χ2v) is 6.73. The molecule has 0 spiro atoms. The predicted octanol–water partition coefficient (Wildman–Crippen LogP) is 2.47. The van der Waals surface area contributed by atoms with Gasteiger partial charge in [0.2, 0.25) is 0 Å². The Morgan fingerprint density at radius 3 is 2.62 bits per heavy atom. The minimum Gasteiger partial charge on any atom is -0.326 e. The molecule has 0 radical (unpaired) electrons. The van der Waals surface area contributed by atoms with Gasteiger partial charge in [0.05, 0.1) is 16.9 Å². The van der Waals surface area contributed by atoms with Gasteiger partial charge in [0.1, 0.15) is 4.90 Å². The molecule has 9 heteroatoms. The Kier molecular flexibility index (Phi) is 4.77. The van der Waals surface area contributed by atoms with E-state index in [0.717, 1.165) is 0 Å². The molecular weight excluding hydrogens is 335 g/mol. The lowest BCUT2D eigenvalue weighted by Crippen LogP contribution is -2.14. The highest BCUT2D eigenvalue weighted by molar-refractivity contribution is 7.92. The third-order valence-corrected chi connectivity index (χ3v) is 5.02. The van der Waals surface area contributed by atoms with Crippen LogP contribution in [0.5, 0.6) is 0 Å². The zero-order chi connectivity index (χ0) is 15.6. The van der Waals surface area contributed by atoms with Gasteiger partial charge in [0.25, 0.3) is 10.0 Å². The summed E-state index contributed by atoms with van der Waals surface area (Å²) in [5, 5.41) is 4.37. The van der Waals surface area contributed by atoms with Crippen LogP contribution in [0.4, 0.5) is 5.69 Å². The van der Waals surface area contributed by atoms with Crippen LogP contribution in [-0.2, 0) is 23.1 Å². The Morgan fingerprint density at radius 1 is 1.33 bits per heavy atom. The average Bonchev–Trinajstić information content (AvgIpc) is 2.85. The third-order valence-electron chi connectivity index (χ3n) is 2.82. The van der Waals surface area contributed by atoms with Gasteiger partial charge >= 0.3 is 0 Å². The SMILES string of the molecule is CCn1cc(NS(=O)(=O)c2cc(CN)c(Cl)cc2Cl)cn1. The number of benzene rings is 1. The normalized spacial score (nSPS) is 11.6. The summed E-state index contributed by atoms with van der Waals surface area (Å²) in [6.45, 7) is 2.65. The van der Waals surface area contributed by atoms with Crippen molar-refractivity contribution in [2.45, 2.75) is 24.9 Å². The summed E-state index contributed by atoms with van der Waals surface area (Å²) in [5.74, 6) is 0. The number of aryl methyl sites for hydroxylation is 1. The van der Waals surface area contributed by atoms with Crippen LogP contribution in [-0.4, -0.2) is 18.2 Å². The van der Waals surface area contributed by atoms with Gasteiger partial charge in [-0.2, -0.15) is 5.10 Å². The third kappa shape index (κ3) is 3.49. The van der Waals surface area contributed by atoms with E-state index in [1.165, 1.54) is 18.3 Å². The largest absolute Gasteiger partial charge is 0.326 e. The van der Waals surface area contributed by atoms with Crippen molar-refractivity contribution in [1.29, 1.82) is 0 Å². The van der Waals surface area contributed by atoms with Gasteiger partial charge in [0, 0.05) is 24.3 Å². The van der Waals surface area contributed by atoms with Gasteiger partial charge in [0.15, 0.2) is 0 Å². The molecule has 0 aliphatic heterocycles. The van der Waals surface area contributed by atoms with Gasteiger partial charge < -0.3 is 5.73 Å². The van der Waals surface area contributed by atoms with Crippen LogP contribution >= 0.6 is 23.2 Å². The second-order valence-electron chi connectivity index (χ2n) is 4.27. The molecule has 0 atom stereocenters. The smallest absolute Gasteiger partial charge is 0.263 e. The fourth-order valence-corrected chi connectivity index (χ4v) is 3.64. The maximum absolute atomic E-state index is 12.4. The maximum atomic E-state index is 12.4. The molecule has 0 saturated carbocycles. The van der Waals surface area contributed by atoms with E-state index < -0.39 is 10.0 Å². The number of hydrogen-bond donors (Lipinski definition) is 2. The van der Waals surface area contributed by atoms with Crippen molar-refractivity contribution < 1.29 is 8.42 Å². The highest BCUT2D eigenvalue weighted by Gasteiger charge is 2.20. The molecule has 2 aromatic rings. The van der Waals surface area contributed by atoms with E-state index in [2.05, 4.69) is 9.82 Å². The second kappa shape index (κ2) is 6.23. The topological polar surface area (TPSA) is 90.0 Å². The van der Waals surface area contributed by atoms with E-state index in [4.69, 9.17) is 28.9 Å². The van der Waals surface area contributed by atoms with Crippen molar-refractivity contribution in [3.63, 3.8) is 0 Å². The van der Waals surface area contributed by atoms with E-state index >= 15 is 0 Å².